The molecule has 1 heterocycles. The maximum Gasteiger partial charge on any atom is 0.325 e. The highest BCUT2D eigenvalue weighted by atomic mass is 16.5. The summed E-state index contributed by atoms with van der Waals surface area (Å²) >= 11 is 0. The zero-order valence-corrected chi connectivity index (χ0v) is 14.7. The summed E-state index contributed by atoms with van der Waals surface area (Å²) in [5.41, 5.74) is -0.578. The van der Waals surface area contributed by atoms with Crippen LogP contribution in [0, 0.1) is 0 Å². The van der Waals surface area contributed by atoms with Crippen LogP contribution in [0.1, 0.15) is 66.7 Å². The molecule has 1 aliphatic rings. The van der Waals surface area contributed by atoms with E-state index in [4.69, 9.17) is 4.74 Å². The number of piperidine rings is 1. The lowest BCUT2D eigenvalue weighted by Crippen LogP contribution is -2.53. The SMILES string of the molecule is COC(=O)C(C)(CCCN1C(C)CCCC1C)NC(C)C. The fourth-order valence-electron chi connectivity index (χ4n) is 3.63. The molecule has 0 aromatic heterocycles. The van der Waals surface area contributed by atoms with Crippen molar-refractivity contribution in [3.8, 4) is 0 Å². The molecule has 1 saturated heterocycles. The smallest absolute Gasteiger partial charge is 0.325 e. The van der Waals surface area contributed by atoms with Gasteiger partial charge in [-0.25, -0.2) is 0 Å². The van der Waals surface area contributed by atoms with Gasteiger partial charge < -0.3 is 4.74 Å². The number of hydrogen-bond acceptors (Lipinski definition) is 4. The van der Waals surface area contributed by atoms with Gasteiger partial charge in [0.05, 0.1) is 7.11 Å². The van der Waals surface area contributed by atoms with E-state index in [9.17, 15) is 4.79 Å². The van der Waals surface area contributed by atoms with Gasteiger partial charge in [0.1, 0.15) is 5.54 Å². The Hall–Kier alpha value is -0.610. The lowest BCUT2D eigenvalue weighted by atomic mass is 9.93. The molecule has 1 fully saturated rings. The van der Waals surface area contributed by atoms with Crippen LogP contribution in [0.2, 0.25) is 0 Å². The van der Waals surface area contributed by atoms with Gasteiger partial charge in [0, 0.05) is 18.1 Å². The number of carbonyl (C=O) groups is 1. The highest BCUT2D eigenvalue weighted by Gasteiger charge is 2.34. The van der Waals surface area contributed by atoms with Gasteiger partial charge >= 0.3 is 5.97 Å². The Morgan fingerprint density at radius 3 is 2.38 bits per heavy atom. The van der Waals surface area contributed by atoms with Crippen molar-refractivity contribution in [3.63, 3.8) is 0 Å². The molecule has 124 valence electrons. The summed E-state index contributed by atoms with van der Waals surface area (Å²) in [5.74, 6) is -0.157. The number of esters is 1. The molecule has 0 amide bonds. The molecular formula is C17H34N2O2. The van der Waals surface area contributed by atoms with Gasteiger partial charge in [0.25, 0.3) is 0 Å². The van der Waals surface area contributed by atoms with E-state index in [0.29, 0.717) is 12.1 Å². The summed E-state index contributed by atoms with van der Waals surface area (Å²) in [4.78, 5) is 14.7. The minimum absolute atomic E-state index is 0.157. The van der Waals surface area contributed by atoms with Gasteiger partial charge in [-0.05, 0) is 66.8 Å². The number of rotatable bonds is 7. The topological polar surface area (TPSA) is 41.6 Å². The highest BCUT2D eigenvalue weighted by Crippen LogP contribution is 2.24. The normalized spacial score (nSPS) is 26.6. The van der Waals surface area contributed by atoms with Crippen LogP contribution in [0.3, 0.4) is 0 Å². The molecule has 0 spiro atoms. The maximum absolute atomic E-state index is 12.1. The molecule has 21 heavy (non-hydrogen) atoms. The van der Waals surface area contributed by atoms with E-state index in [2.05, 4.69) is 37.9 Å². The number of nitrogens with one attached hydrogen (secondary N) is 1. The van der Waals surface area contributed by atoms with E-state index in [1.54, 1.807) is 0 Å². The van der Waals surface area contributed by atoms with Gasteiger partial charge in [-0.15, -0.1) is 0 Å². The highest BCUT2D eigenvalue weighted by molar-refractivity contribution is 5.80. The Kier molecular flexibility index (Phi) is 7.14. The minimum atomic E-state index is -0.578. The molecule has 1 rings (SSSR count). The van der Waals surface area contributed by atoms with Crippen molar-refractivity contribution in [1.82, 2.24) is 10.2 Å². The van der Waals surface area contributed by atoms with E-state index in [1.165, 1.54) is 26.4 Å². The third kappa shape index (κ3) is 5.26. The van der Waals surface area contributed by atoms with Crippen molar-refractivity contribution >= 4 is 5.97 Å². The summed E-state index contributed by atoms with van der Waals surface area (Å²) in [6.07, 6.45) is 5.76. The number of hydrogen-bond donors (Lipinski definition) is 1. The predicted molar refractivity (Wildman–Crippen MR) is 87.4 cm³/mol. The first kappa shape index (κ1) is 18.4. The van der Waals surface area contributed by atoms with Crippen LogP contribution >= 0.6 is 0 Å². The monoisotopic (exact) mass is 298 g/mol. The number of likely N-dealkylation sites (tertiary alicyclic amines) is 1. The Labute approximate surface area is 130 Å². The van der Waals surface area contributed by atoms with Crippen LogP contribution in [-0.4, -0.2) is 48.2 Å². The van der Waals surface area contributed by atoms with Crippen molar-refractivity contribution in [1.29, 1.82) is 0 Å². The number of carbonyl (C=O) groups excluding carboxylic acids is 1. The van der Waals surface area contributed by atoms with Crippen molar-refractivity contribution in [3.05, 3.63) is 0 Å². The molecule has 0 bridgehead atoms. The lowest BCUT2D eigenvalue weighted by Gasteiger charge is -2.39. The Morgan fingerprint density at radius 2 is 1.90 bits per heavy atom. The van der Waals surface area contributed by atoms with Crippen LogP contribution in [-0.2, 0) is 9.53 Å². The lowest BCUT2D eigenvalue weighted by molar-refractivity contribution is -0.148. The van der Waals surface area contributed by atoms with Gasteiger partial charge in [-0.3, -0.25) is 15.0 Å². The van der Waals surface area contributed by atoms with E-state index >= 15 is 0 Å². The molecule has 0 radical (unpaired) electrons. The van der Waals surface area contributed by atoms with E-state index in [-0.39, 0.29) is 12.0 Å². The van der Waals surface area contributed by atoms with E-state index in [0.717, 1.165) is 19.4 Å². The predicted octanol–water partition coefficient (Wildman–Crippen LogP) is 2.96. The maximum atomic E-state index is 12.1. The number of methoxy groups -OCH3 is 1. The Balaban J connectivity index is 2.55. The van der Waals surface area contributed by atoms with Gasteiger partial charge in [0.15, 0.2) is 0 Å². The zero-order valence-electron chi connectivity index (χ0n) is 14.7. The summed E-state index contributed by atoms with van der Waals surface area (Å²) in [6, 6.07) is 1.59. The standard InChI is InChI=1S/C17H34N2O2/c1-13(2)18-17(5,16(20)21-6)11-8-12-19-14(3)9-7-10-15(19)4/h13-15,18H,7-12H2,1-6H3. The summed E-state index contributed by atoms with van der Waals surface area (Å²) in [7, 11) is 1.47. The molecule has 0 saturated carbocycles. The number of ether oxygens (including phenoxy) is 1. The van der Waals surface area contributed by atoms with Crippen LogP contribution in [0.25, 0.3) is 0 Å². The van der Waals surface area contributed by atoms with E-state index in [1.807, 2.05) is 6.92 Å². The summed E-state index contributed by atoms with van der Waals surface area (Å²) in [5, 5.41) is 3.37. The molecule has 0 aromatic rings. The molecular weight excluding hydrogens is 264 g/mol. The van der Waals surface area contributed by atoms with Crippen LogP contribution in [0.5, 0.6) is 0 Å². The molecule has 4 heteroatoms. The molecule has 0 aromatic carbocycles. The van der Waals surface area contributed by atoms with Gasteiger partial charge in [0.2, 0.25) is 0 Å². The van der Waals surface area contributed by atoms with Crippen molar-refractivity contribution in [2.45, 2.75) is 90.4 Å². The first-order valence-electron chi connectivity index (χ1n) is 8.42. The molecule has 4 nitrogen and oxygen atoms in total. The van der Waals surface area contributed by atoms with Crippen molar-refractivity contribution < 1.29 is 9.53 Å². The average molecular weight is 298 g/mol. The average Bonchev–Trinajstić information content (AvgIpc) is 2.40. The first-order chi connectivity index (χ1) is 9.80. The zero-order chi connectivity index (χ0) is 16.0. The number of nitrogens with zero attached hydrogens (tertiary/aromatic N) is 1. The molecule has 0 aliphatic carbocycles. The minimum Gasteiger partial charge on any atom is -0.468 e. The van der Waals surface area contributed by atoms with Crippen molar-refractivity contribution in [2.24, 2.45) is 0 Å². The van der Waals surface area contributed by atoms with Crippen LogP contribution < -0.4 is 5.32 Å². The summed E-state index contributed by atoms with van der Waals surface area (Å²) < 4.78 is 4.99. The molecule has 3 atom stereocenters. The third-order valence-corrected chi connectivity index (χ3v) is 4.71. The third-order valence-electron chi connectivity index (χ3n) is 4.71. The largest absolute Gasteiger partial charge is 0.468 e. The second-order valence-electron chi connectivity index (χ2n) is 7.09. The van der Waals surface area contributed by atoms with E-state index < -0.39 is 5.54 Å². The Bertz CT molecular complexity index is 323. The molecule has 1 N–H and O–H groups in total. The van der Waals surface area contributed by atoms with Gasteiger partial charge in [-0.1, -0.05) is 6.42 Å². The Morgan fingerprint density at radius 1 is 1.33 bits per heavy atom. The first-order valence-corrected chi connectivity index (χ1v) is 8.42. The van der Waals surface area contributed by atoms with Gasteiger partial charge in [-0.2, -0.15) is 0 Å². The fourth-order valence-corrected chi connectivity index (χ4v) is 3.63. The van der Waals surface area contributed by atoms with Crippen LogP contribution in [0.15, 0.2) is 0 Å². The molecule has 1 aliphatic heterocycles. The fraction of sp³-hybridized carbons (Fsp3) is 0.941. The van der Waals surface area contributed by atoms with Crippen LogP contribution in [0.4, 0.5) is 0 Å². The van der Waals surface area contributed by atoms with Crippen molar-refractivity contribution in [2.75, 3.05) is 13.7 Å². The second-order valence-corrected chi connectivity index (χ2v) is 7.09. The summed E-state index contributed by atoms with van der Waals surface area (Å²) in [6.45, 7) is 11.8. The second kappa shape index (κ2) is 8.14. The molecule has 3 unspecified atom stereocenters. The quantitative estimate of drug-likeness (QED) is 0.734.